The highest BCUT2D eigenvalue weighted by atomic mass is 79.9. The van der Waals surface area contributed by atoms with Gasteiger partial charge in [0.2, 0.25) is 5.91 Å². The quantitative estimate of drug-likeness (QED) is 0.866. The normalized spacial score (nSPS) is 11.8. The Bertz CT molecular complexity index is 379. The lowest BCUT2D eigenvalue weighted by molar-refractivity contribution is -0.115. The Hall–Kier alpha value is -1.23. The molecule has 0 aliphatic carbocycles. The van der Waals surface area contributed by atoms with Gasteiger partial charge in [0.25, 0.3) is 0 Å². The fraction of sp³-hybridized carbons (Fsp3) is 0.364. The summed E-state index contributed by atoms with van der Waals surface area (Å²) in [5.41, 5.74) is 0.596. The molecule has 0 spiro atoms. The number of methoxy groups -OCH3 is 2. The summed E-state index contributed by atoms with van der Waals surface area (Å²) in [5.74, 6) is 1.13. The molecule has 0 fully saturated rings. The van der Waals surface area contributed by atoms with Crippen molar-refractivity contribution in [1.29, 1.82) is 0 Å². The van der Waals surface area contributed by atoms with Gasteiger partial charge in [-0.2, -0.15) is 0 Å². The monoisotopic (exact) mass is 287 g/mol. The zero-order valence-corrected chi connectivity index (χ0v) is 11.0. The fourth-order valence-corrected chi connectivity index (χ4v) is 1.26. The molecule has 1 unspecified atom stereocenters. The maximum atomic E-state index is 11.5. The molecule has 1 rings (SSSR count). The second-order valence-electron chi connectivity index (χ2n) is 3.17. The number of hydrogen-bond acceptors (Lipinski definition) is 3. The lowest BCUT2D eigenvalue weighted by atomic mass is 10.2. The van der Waals surface area contributed by atoms with Gasteiger partial charge in [0, 0.05) is 6.07 Å². The Morgan fingerprint density at radius 2 is 2.06 bits per heavy atom. The van der Waals surface area contributed by atoms with Gasteiger partial charge < -0.3 is 14.8 Å². The molecule has 0 aliphatic heterocycles. The van der Waals surface area contributed by atoms with Crippen molar-refractivity contribution in [3.8, 4) is 11.5 Å². The first-order chi connectivity index (χ1) is 7.58. The number of hydrogen-bond donors (Lipinski definition) is 1. The summed E-state index contributed by atoms with van der Waals surface area (Å²) in [6.45, 7) is 1.75. The molecule has 0 aliphatic rings. The number of rotatable bonds is 4. The van der Waals surface area contributed by atoms with Crippen LogP contribution in [-0.2, 0) is 4.79 Å². The first-order valence-corrected chi connectivity index (χ1v) is 5.67. The van der Waals surface area contributed by atoms with Crippen LogP contribution in [0.5, 0.6) is 11.5 Å². The van der Waals surface area contributed by atoms with E-state index in [1.54, 1.807) is 39.3 Å². The summed E-state index contributed by atoms with van der Waals surface area (Å²) in [7, 11) is 3.12. The van der Waals surface area contributed by atoms with Crippen LogP contribution in [0, 0.1) is 0 Å². The van der Waals surface area contributed by atoms with Crippen LogP contribution in [0.25, 0.3) is 0 Å². The molecule has 0 radical (unpaired) electrons. The van der Waals surface area contributed by atoms with Gasteiger partial charge in [-0.1, -0.05) is 15.9 Å². The van der Waals surface area contributed by atoms with Gasteiger partial charge in [-0.25, -0.2) is 0 Å². The second-order valence-corrected chi connectivity index (χ2v) is 4.54. The predicted molar refractivity (Wildman–Crippen MR) is 66.6 cm³/mol. The van der Waals surface area contributed by atoms with Crippen LogP contribution in [0.1, 0.15) is 6.92 Å². The minimum absolute atomic E-state index is 0.133. The largest absolute Gasteiger partial charge is 0.497 e. The predicted octanol–water partition coefficient (Wildman–Crippen LogP) is 2.43. The van der Waals surface area contributed by atoms with Crippen molar-refractivity contribution in [2.24, 2.45) is 0 Å². The number of amides is 1. The van der Waals surface area contributed by atoms with Crippen LogP contribution in [0.4, 0.5) is 5.69 Å². The van der Waals surface area contributed by atoms with E-state index in [0.717, 1.165) is 0 Å². The number of anilines is 1. The van der Waals surface area contributed by atoms with E-state index >= 15 is 0 Å². The van der Waals surface area contributed by atoms with E-state index in [9.17, 15) is 4.79 Å². The molecule has 1 aromatic rings. The molecule has 16 heavy (non-hydrogen) atoms. The lowest BCUT2D eigenvalue weighted by Gasteiger charge is -2.12. The van der Waals surface area contributed by atoms with Crippen LogP contribution in [0.2, 0.25) is 0 Å². The Morgan fingerprint density at radius 1 is 1.38 bits per heavy atom. The van der Waals surface area contributed by atoms with Crippen molar-refractivity contribution < 1.29 is 14.3 Å². The number of nitrogens with one attached hydrogen (secondary N) is 1. The minimum atomic E-state index is -0.261. The fourth-order valence-electron chi connectivity index (χ4n) is 1.14. The molecule has 88 valence electrons. The number of halogens is 1. The smallest absolute Gasteiger partial charge is 0.237 e. The van der Waals surface area contributed by atoms with Crippen LogP contribution in [0.15, 0.2) is 18.2 Å². The summed E-state index contributed by atoms with van der Waals surface area (Å²) >= 11 is 3.20. The third-order valence-corrected chi connectivity index (χ3v) is 2.44. The molecule has 1 aromatic carbocycles. The molecule has 0 saturated carbocycles. The highest BCUT2D eigenvalue weighted by Crippen LogP contribution is 2.29. The van der Waals surface area contributed by atoms with Gasteiger partial charge in [-0.05, 0) is 19.1 Å². The third-order valence-electron chi connectivity index (χ3n) is 2.03. The SMILES string of the molecule is COc1ccc(OC)c(NC(=O)C(C)Br)c1. The summed E-state index contributed by atoms with van der Waals surface area (Å²) in [6.07, 6.45) is 0. The number of ether oxygens (including phenoxy) is 2. The molecule has 0 heterocycles. The lowest BCUT2D eigenvalue weighted by Crippen LogP contribution is -2.20. The van der Waals surface area contributed by atoms with Crippen molar-refractivity contribution in [1.82, 2.24) is 0 Å². The van der Waals surface area contributed by atoms with E-state index in [-0.39, 0.29) is 10.7 Å². The van der Waals surface area contributed by atoms with Crippen molar-refractivity contribution in [2.75, 3.05) is 19.5 Å². The van der Waals surface area contributed by atoms with E-state index in [1.807, 2.05) is 0 Å². The van der Waals surface area contributed by atoms with Crippen LogP contribution in [-0.4, -0.2) is 25.0 Å². The molecule has 1 atom stereocenters. The maximum Gasteiger partial charge on any atom is 0.237 e. The van der Waals surface area contributed by atoms with Crippen molar-refractivity contribution in [3.05, 3.63) is 18.2 Å². The van der Waals surface area contributed by atoms with Crippen LogP contribution >= 0.6 is 15.9 Å². The Labute approximate surface area is 103 Å². The zero-order chi connectivity index (χ0) is 12.1. The minimum Gasteiger partial charge on any atom is -0.497 e. The van der Waals surface area contributed by atoms with E-state index in [1.165, 1.54) is 0 Å². The number of alkyl halides is 1. The van der Waals surface area contributed by atoms with Gasteiger partial charge in [0.15, 0.2) is 0 Å². The molecule has 0 aromatic heterocycles. The van der Waals surface area contributed by atoms with E-state index in [2.05, 4.69) is 21.2 Å². The molecule has 0 bridgehead atoms. The number of carbonyl (C=O) groups is 1. The molecule has 5 heteroatoms. The first kappa shape index (κ1) is 12.8. The highest BCUT2D eigenvalue weighted by molar-refractivity contribution is 9.10. The van der Waals surface area contributed by atoms with Gasteiger partial charge in [0.05, 0.1) is 24.7 Å². The van der Waals surface area contributed by atoms with Gasteiger partial charge in [0.1, 0.15) is 11.5 Å². The van der Waals surface area contributed by atoms with Crippen LogP contribution < -0.4 is 14.8 Å². The Morgan fingerprint density at radius 3 is 2.56 bits per heavy atom. The molecule has 0 saturated heterocycles. The topological polar surface area (TPSA) is 47.6 Å². The van der Waals surface area contributed by atoms with E-state index in [4.69, 9.17) is 9.47 Å². The number of carbonyl (C=O) groups excluding carboxylic acids is 1. The average molecular weight is 288 g/mol. The summed E-state index contributed by atoms with van der Waals surface area (Å²) in [5, 5.41) is 2.74. The summed E-state index contributed by atoms with van der Waals surface area (Å²) < 4.78 is 10.2. The van der Waals surface area contributed by atoms with E-state index < -0.39 is 0 Å². The van der Waals surface area contributed by atoms with Gasteiger partial charge in [-0.3, -0.25) is 4.79 Å². The molecule has 1 amide bonds. The number of benzene rings is 1. The molecular formula is C11H14BrNO3. The van der Waals surface area contributed by atoms with Gasteiger partial charge >= 0.3 is 0 Å². The van der Waals surface area contributed by atoms with Crippen molar-refractivity contribution >= 4 is 27.5 Å². The highest BCUT2D eigenvalue weighted by Gasteiger charge is 2.12. The van der Waals surface area contributed by atoms with E-state index in [0.29, 0.717) is 17.2 Å². The van der Waals surface area contributed by atoms with Gasteiger partial charge in [-0.15, -0.1) is 0 Å². The molecule has 1 N–H and O–H groups in total. The molecule has 4 nitrogen and oxygen atoms in total. The second kappa shape index (κ2) is 5.75. The Balaban J connectivity index is 2.95. The van der Waals surface area contributed by atoms with Crippen molar-refractivity contribution in [3.63, 3.8) is 0 Å². The first-order valence-electron chi connectivity index (χ1n) is 4.75. The zero-order valence-electron chi connectivity index (χ0n) is 9.41. The summed E-state index contributed by atoms with van der Waals surface area (Å²) in [6, 6.07) is 5.23. The summed E-state index contributed by atoms with van der Waals surface area (Å²) in [4.78, 5) is 11.3. The maximum absolute atomic E-state index is 11.5. The van der Waals surface area contributed by atoms with Crippen LogP contribution in [0.3, 0.4) is 0 Å². The third kappa shape index (κ3) is 3.13. The Kier molecular flexibility index (Phi) is 4.61. The molecular weight excluding hydrogens is 274 g/mol. The average Bonchev–Trinajstić information content (AvgIpc) is 2.28. The van der Waals surface area contributed by atoms with Crippen molar-refractivity contribution in [2.45, 2.75) is 11.8 Å². The standard InChI is InChI=1S/C11H14BrNO3/c1-7(12)11(14)13-9-6-8(15-2)4-5-10(9)16-3/h4-7H,1-3H3,(H,13,14).